The third-order valence-electron chi connectivity index (χ3n) is 2.99. The van der Waals surface area contributed by atoms with E-state index in [9.17, 15) is 0 Å². The van der Waals surface area contributed by atoms with Crippen LogP contribution in [0.4, 0.5) is 0 Å². The summed E-state index contributed by atoms with van der Waals surface area (Å²) >= 11 is 5.96. The minimum atomic E-state index is 0.435. The van der Waals surface area contributed by atoms with Gasteiger partial charge in [0.15, 0.2) is 16.8 Å². The zero-order valence-electron chi connectivity index (χ0n) is 11.0. The second-order valence-electron chi connectivity index (χ2n) is 4.13. The van der Waals surface area contributed by atoms with E-state index in [0.29, 0.717) is 11.0 Å². The van der Waals surface area contributed by atoms with Crippen LogP contribution < -0.4 is 0 Å². The summed E-state index contributed by atoms with van der Waals surface area (Å²) < 4.78 is 1.77. The van der Waals surface area contributed by atoms with Crippen LogP contribution in [0.15, 0.2) is 0 Å². The maximum Gasteiger partial charge on any atom is 0.181 e. The SMILES string of the molecule is CCc1nc(CC)n(-c2nnc(Cl)c(C)c2C)n1. The van der Waals surface area contributed by atoms with Gasteiger partial charge in [0.05, 0.1) is 0 Å². The zero-order chi connectivity index (χ0) is 13.3. The van der Waals surface area contributed by atoms with E-state index in [-0.39, 0.29) is 0 Å². The van der Waals surface area contributed by atoms with E-state index in [1.807, 2.05) is 27.7 Å². The predicted molar refractivity (Wildman–Crippen MR) is 70.2 cm³/mol. The summed E-state index contributed by atoms with van der Waals surface area (Å²) in [5.41, 5.74) is 1.91. The molecule has 18 heavy (non-hydrogen) atoms. The molecule has 0 saturated carbocycles. The fourth-order valence-corrected chi connectivity index (χ4v) is 1.88. The zero-order valence-corrected chi connectivity index (χ0v) is 11.8. The van der Waals surface area contributed by atoms with Gasteiger partial charge in [0.1, 0.15) is 5.82 Å². The van der Waals surface area contributed by atoms with Gasteiger partial charge in [-0.2, -0.15) is 4.68 Å². The Morgan fingerprint density at radius 2 is 1.78 bits per heavy atom. The average Bonchev–Trinajstić information content (AvgIpc) is 2.79. The highest BCUT2D eigenvalue weighted by atomic mass is 35.5. The number of halogens is 1. The highest BCUT2D eigenvalue weighted by Crippen LogP contribution is 2.20. The van der Waals surface area contributed by atoms with Gasteiger partial charge in [-0.15, -0.1) is 15.3 Å². The minimum absolute atomic E-state index is 0.435. The summed E-state index contributed by atoms with van der Waals surface area (Å²) in [7, 11) is 0. The molecule has 0 saturated heterocycles. The highest BCUT2D eigenvalue weighted by Gasteiger charge is 2.15. The monoisotopic (exact) mass is 265 g/mol. The molecule has 6 heteroatoms. The first-order chi connectivity index (χ1) is 8.58. The average molecular weight is 266 g/mol. The number of aryl methyl sites for hydroxylation is 2. The molecule has 0 spiro atoms. The van der Waals surface area contributed by atoms with E-state index >= 15 is 0 Å². The first-order valence-electron chi connectivity index (χ1n) is 6.03. The third-order valence-corrected chi connectivity index (χ3v) is 3.35. The van der Waals surface area contributed by atoms with Crippen molar-refractivity contribution in [2.24, 2.45) is 0 Å². The molecular formula is C12H16ClN5. The fourth-order valence-electron chi connectivity index (χ4n) is 1.70. The van der Waals surface area contributed by atoms with Crippen molar-refractivity contribution in [3.05, 3.63) is 27.9 Å². The molecule has 0 atom stereocenters. The van der Waals surface area contributed by atoms with Crippen molar-refractivity contribution in [3.8, 4) is 5.82 Å². The van der Waals surface area contributed by atoms with Gasteiger partial charge in [0.2, 0.25) is 0 Å². The van der Waals surface area contributed by atoms with Crippen LogP contribution in [-0.4, -0.2) is 25.0 Å². The Bertz CT molecular complexity index is 576. The third kappa shape index (κ3) is 2.10. The normalized spacial score (nSPS) is 10.9. The van der Waals surface area contributed by atoms with Gasteiger partial charge in [0, 0.05) is 18.4 Å². The largest absolute Gasteiger partial charge is 0.216 e. The van der Waals surface area contributed by atoms with Gasteiger partial charge in [-0.05, 0) is 19.4 Å². The molecule has 2 aromatic rings. The quantitative estimate of drug-likeness (QED) is 0.855. The Morgan fingerprint density at radius 3 is 2.39 bits per heavy atom. The number of hydrogen-bond acceptors (Lipinski definition) is 4. The molecular weight excluding hydrogens is 250 g/mol. The summed E-state index contributed by atoms with van der Waals surface area (Å²) in [6.45, 7) is 7.98. The lowest BCUT2D eigenvalue weighted by atomic mass is 10.2. The Hall–Kier alpha value is -1.49. The summed E-state index contributed by atoms with van der Waals surface area (Å²) in [6.07, 6.45) is 1.61. The van der Waals surface area contributed by atoms with E-state index in [2.05, 4.69) is 20.3 Å². The Kier molecular flexibility index (Phi) is 3.61. The van der Waals surface area contributed by atoms with Crippen LogP contribution in [-0.2, 0) is 12.8 Å². The second-order valence-corrected chi connectivity index (χ2v) is 4.49. The number of hydrogen-bond donors (Lipinski definition) is 0. The first kappa shape index (κ1) is 13.0. The van der Waals surface area contributed by atoms with Crippen LogP contribution in [0.1, 0.15) is 36.6 Å². The number of nitrogens with zero attached hydrogens (tertiary/aromatic N) is 5. The Morgan fingerprint density at radius 1 is 1.06 bits per heavy atom. The van der Waals surface area contributed by atoms with Gasteiger partial charge in [0.25, 0.3) is 0 Å². The lowest BCUT2D eigenvalue weighted by Gasteiger charge is -2.08. The molecule has 2 rings (SSSR count). The summed E-state index contributed by atoms with van der Waals surface area (Å²) in [4.78, 5) is 4.47. The maximum atomic E-state index is 5.96. The van der Waals surface area contributed by atoms with Crippen molar-refractivity contribution in [2.45, 2.75) is 40.5 Å². The molecule has 5 nitrogen and oxygen atoms in total. The Labute approximate surface area is 111 Å². The van der Waals surface area contributed by atoms with E-state index in [4.69, 9.17) is 11.6 Å². The second kappa shape index (κ2) is 5.02. The van der Waals surface area contributed by atoms with Crippen molar-refractivity contribution in [1.82, 2.24) is 25.0 Å². The molecule has 0 bridgehead atoms. The number of rotatable bonds is 3. The van der Waals surface area contributed by atoms with E-state index < -0.39 is 0 Å². The van der Waals surface area contributed by atoms with Crippen LogP contribution in [0.2, 0.25) is 5.15 Å². The molecule has 0 N–H and O–H groups in total. The molecule has 96 valence electrons. The summed E-state index contributed by atoms with van der Waals surface area (Å²) in [5.74, 6) is 2.42. The summed E-state index contributed by atoms with van der Waals surface area (Å²) in [5, 5.41) is 13.0. The van der Waals surface area contributed by atoms with E-state index in [0.717, 1.165) is 35.6 Å². The van der Waals surface area contributed by atoms with Gasteiger partial charge >= 0.3 is 0 Å². The number of aromatic nitrogens is 5. The van der Waals surface area contributed by atoms with Gasteiger partial charge in [-0.25, -0.2) is 4.98 Å². The molecule has 0 aliphatic heterocycles. The lowest BCUT2D eigenvalue weighted by Crippen LogP contribution is -2.09. The highest BCUT2D eigenvalue weighted by molar-refractivity contribution is 6.30. The molecule has 0 aliphatic rings. The van der Waals surface area contributed by atoms with Crippen LogP contribution >= 0.6 is 11.6 Å². The smallest absolute Gasteiger partial charge is 0.181 e. The van der Waals surface area contributed by atoms with Gasteiger partial charge in [-0.3, -0.25) is 0 Å². The van der Waals surface area contributed by atoms with Crippen molar-refractivity contribution in [2.75, 3.05) is 0 Å². The molecule has 0 unspecified atom stereocenters. The summed E-state index contributed by atoms with van der Waals surface area (Å²) in [6, 6.07) is 0. The molecule has 0 amide bonds. The topological polar surface area (TPSA) is 56.5 Å². The van der Waals surface area contributed by atoms with Crippen molar-refractivity contribution in [3.63, 3.8) is 0 Å². The fraction of sp³-hybridized carbons (Fsp3) is 0.500. The maximum absolute atomic E-state index is 5.96. The minimum Gasteiger partial charge on any atom is -0.216 e. The lowest BCUT2D eigenvalue weighted by molar-refractivity contribution is 0.742. The van der Waals surface area contributed by atoms with Crippen molar-refractivity contribution >= 4 is 11.6 Å². The van der Waals surface area contributed by atoms with Gasteiger partial charge < -0.3 is 0 Å². The standard InChI is InChI=1S/C12H16ClN5/c1-5-9-14-10(6-2)18(17-9)12-8(4)7(3)11(13)15-16-12/h5-6H2,1-4H3. The molecule has 0 fully saturated rings. The van der Waals surface area contributed by atoms with Crippen molar-refractivity contribution in [1.29, 1.82) is 0 Å². The van der Waals surface area contributed by atoms with E-state index in [1.54, 1.807) is 4.68 Å². The molecule has 2 heterocycles. The predicted octanol–water partition coefficient (Wildman–Crippen LogP) is 2.45. The molecule has 0 radical (unpaired) electrons. The molecule has 0 aromatic carbocycles. The van der Waals surface area contributed by atoms with Crippen LogP contribution in [0.5, 0.6) is 0 Å². The van der Waals surface area contributed by atoms with Crippen LogP contribution in [0.25, 0.3) is 5.82 Å². The van der Waals surface area contributed by atoms with Crippen LogP contribution in [0.3, 0.4) is 0 Å². The molecule has 0 aliphatic carbocycles. The van der Waals surface area contributed by atoms with Gasteiger partial charge in [-0.1, -0.05) is 25.4 Å². The van der Waals surface area contributed by atoms with E-state index in [1.165, 1.54) is 0 Å². The van der Waals surface area contributed by atoms with Crippen molar-refractivity contribution < 1.29 is 0 Å². The van der Waals surface area contributed by atoms with Crippen LogP contribution in [0, 0.1) is 13.8 Å². The molecule has 2 aromatic heterocycles. The Balaban J connectivity index is 2.61. The first-order valence-corrected chi connectivity index (χ1v) is 6.40.